The van der Waals surface area contributed by atoms with E-state index in [4.69, 9.17) is 19.1 Å². The first kappa shape index (κ1) is 31.1. The van der Waals surface area contributed by atoms with Crippen molar-refractivity contribution in [3.8, 4) is 0 Å². The molecule has 13 nitrogen and oxygen atoms in total. The second-order valence-corrected chi connectivity index (χ2v) is 11.7. The van der Waals surface area contributed by atoms with E-state index in [0.29, 0.717) is 0 Å². The molecule has 3 N–H and O–H groups in total. The van der Waals surface area contributed by atoms with Gasteiger partial charge in [-0.1, -0.05) is 19.0 Å². The number of carbonyl (C=O) groups is 4. The van der Waals surface area contributed by atoms with E-state index in [0.717, 1.165) is 11.3 Å². The smallest absolute Gasteiger partial charge is 0.413 e. The SMILES string of the molecule is CC(C)COC(=O)C1(O/N=C(\C(=O)N[C@H]2CONC2=O)c2csc(NC(=O)OC(C)(C)C)n2)CCC(F)(F)CC1. The van der Waals surface area contributed by atoms with E-state index in [1.165, 1.54) is 5.38 Å². The van der Waals surface area contributed by atoms with Crippen LogP contribution in [0.3, 0.4) is 0 Å². The first-order valence-corrected chi connectivity index (χ1v) is 13.5. The normalized spacial score (nSPS) is 20.4. The lowest BCUT2D eigenvalue weighted by molar-refractivity contribution is -0.189. The quantitative estimate of drug-likeness (QED) is 0.223. The zero-order valence-corrected chi connectivity index (χ0v) is 23.6. The second kappa shape index (κ2) is 12.4. The third-order valence-corrected chi connectivity index (χ3v) is 6.39. The summed E-state index contributed by atoms with van der Waals surface area (Å²) >= 11 is 0.937. The molecule has 1 atom stereocenters. The van der Waals surface area contributed by atoms with Gasteiger partial charge in [0.1, 0.15) is 23.9 Å². The van der Waals surface area contributed by atoms with Crippen molar-refractivity contribution in [3.63, 3.8) is 0 Å². The minimum absolute atomic E-state index is 0.0263. The number of alkyl halides is 2. The number of hydrogen-bond donors (Lipinski definition) is 3. The fourth-order valence-electron chi connectivity index (χ4n) is 3.57. The molecular formula is C24H33F2N5O8S. The van der Waals surface area contributed by atoms with Gasteiger partial charge in [-0.2, -0.15) is 0 Å². The van der Waals surface area contributed by atoms with E-state index in [9.17, 15) is 28.0 Å². The number of ether oxygens (including phenoxy) is 2. The van der Waals surface area contributed by atoms with Gasteiger partial charge in [0.05, 0.1) is 6.61 Å². The number of nitrogens with one attached hydrogen (secondary N) is 3. The molecule has 0 bridgehead atoms. The van der Waals surface area contributed by atoms with Crippen LogP contribution in [-0.4, -0.2) is 71.0 Å². The summed E-state index contributed by atoms with van der Waals surface area (Å²) in [6.07, 6.45) is -2.90. The number of rotatable bonds is 9. The van der Waals surface area contributed by atoms with Gasteiger partial charge in [-0.15, -0.1) is 11.3 Å². The molecular weight excluding hydrogens is 556 g/mol. The number of nitrogens with zero attached hydrogens (tertiary/aromatic N) is 2. The van der Waals surface area contributed by atoms with Crippen LogP contribution < -0.4 is 16.1 Å². The van der Waals surface area contributed by atoms with Crippen LogP contribution in [-0.2, 0) is 33.5 Å². The van der Waals surface area contributed by atoms with Gasteiger partial charge in [0.2, 0.25) is 11.5 Å². The van der Waals surface area contributed by atoms with E-state index in [-0.39, 0.29) is 30.0 Å². The molecule has 3 rings (SSSR count). The summed E-state index contributed by atoms with van der Waals surface area (Å²) in [4.78, 5) is 64.8. The molecule has 1 aliphatic carbocycles. The predicted molar refractivity (Wildman–Crippen MR) is 138 cm³/mol. The molecule has 0 radical (unpaired) electrons. The van der Waals surface area contributed by atoms with Crippen LogP contribution in [0, 0.1) is 5.92 Å². The third kappa shape index (κ3) is 8.55. The van der Waals surface area contributed by atoms with Crippen molar-refractivity contribution in [1.29, 1.82) is 0 Å². The number of hydroxylamine groups is 1. The topological polar surface area (TPSA) is 167 Å². The summed E-state index contributed by atoms with van der Waals surface area (Å²) in [6.45, 7) is 8.52. The molecule has 3 amide bonds. The van der Waals surface area contributed by atoms with Crippen molar-refractivity contribution < 1.29 is 47.1 Å². The predicted octanol–water partition coefficient (Wildman–Crippen LogP) is 2.90. The number of aromatic nitrogens is 1. The van der Waals surface area contributed by atoms with Crippen molar-refractivity contribution in [3.05, 3.63) is 11.1 Å². The van der Waals surface area contributed by atoms with E-state index in [2.05, 4.69) is 26.3 Å². The molecule has 1 aromatic rings. The number of oxime groups is 1. The molecule has 0 aromatic carbocycles. The lowest BCUT2D eigenvalue weighted by atomic mass is 9.82. The third-order valence-electron chi connectivity index (χ3n) is 5.63. The number of carbonyl (C=O) groups excluding carboxylic acids is 4. The van der Waals surface area contributed by atoms with Gasteiger partial charge in [-0.25, -0.2) is 28.8 Å². The number of esters is 1. The Balaban J connectivity index is 1.90. The summed E-state index contributed by atoms with van der Waals surface area (Å²) in [6, 6.07) is -1.06. The zero-order valence-electron chi connectivity index (χ0n) is 22.8. The number of amides is 3. The Bertz CT molecular complexity index is 1140. The Morgan fingerprint density at radius 2 is 1.93 bits per heavy atom. The Morgan fingerprint density at radius 3 is 2.50 bits per heavy atom. The number of halogens is 2. The fraction of sp³-hybridized carbons (Fsp3) is 0.667. The van der Waals surface area contributed by atoms with Crippen LogP contribution in [0.5, 0.6) is 0 Å². The van der Waals surface area contributed by atoms with Crippen molar-refractivity contribution in [1.82, 2.24) is 15.8 Å². The summed E-state index contributed by atoms with van der Waals surface area (Å²) in [5, 5.41) is 10.2. The molecule has 0 unspecified atom stereocenters. The van der Waals surface area contributed by atoms with Crippen LogP contribution in [0.2, 0.25) is 0 Å². The summed E-state index contributed by atoms with van der Waals surface area (Å²) in [7, 11) is 0. The summed E-state index contributed by atoms with van der Waals surface area (Å²) in [5.41, 5.74) is -1.10. The molecule has 16 heteroatoms. The van der Waals surface area contributed by atoms with Crippen molar-refractivity contribution in [2.45, 2.75) is 83.5 Å². The van der Waals surface area contributed by atoms with E-state index in [1.54, 1.807) is 20.8 Å². The highest BCUT2D eigenvalue weighted by atomic mass is 32.1. The maximum atomic E-state index is 14.0. The molecule has 1 saturated carbocycles. The minimum Gasteiger partial charge on any atom is -0.462 e. The van der Waals surface area contributed by atoms with Crippen LogP contribution in [0.15, 0.2) is 10.5 Å². The average Bonchev–Trinajstić information content (AvgIpc) is 3.46. The molecule has 1 aliphatic heterocycles. The Morgan fingerprint density at radius 1 is 1.25 bits per heavy atom. The number of thiazole rings is 1. The maximum absolute atomic E-state index is 14.0. The molecule has 2 aliphatic rings. The number of anilines is 1. The summed E-state index contributed by atoms with van der Waals surface area (Å²) < 4.78 is 38.5. The first-order valence-electron chi connectivity index (χ1n) is 12.6. The zero-order chi connectivity index (χ0) is 29.7. The molecule has 40 heavy (non-hydrogen) atoms. The van der Waals surface area contributed by atoms with Crippen LogP contribution >= 0.6 is 11.3 Å². The number of hydrogen-bond acceptors (Lipinski definition) is 11. The van der Waals surface area contributed by atoms with Gasteiger partial charge in [-0.05, 0) is 26.7 Å². The first-order chi connectivity index (χ1) is 18.6. The monoisotopic (exact) mass is 589 g/mol. The summed E-state index contributed by atoms with van der Waals surface area (Å²) in [5.74, 6) is -5.44. The van der Waals surface area contributed by atoms with Gasteiger partial charge in [-0.3, -0.25) is 19.7 Å². The Hall–Kier alpha value is -3.40. The molecule has 222 valence electrons. The average molecular weight is 590 g/mol. The maximum Gasteiger partial charge on any atom is 0.413 e. The van der Waals surface area contributed by atoms with Gasteiger partial charge in [0.25, 0.3) is 11.8 Å². The lowest BCUT2D eigenvalue weighted by Crippen LogP contribution is -2.48. The van der Waals surface area contributed by atoms with Crippen molar-refractivity contribution >= 4 is 46.1 Å². The fourth-order valence-corrected chi connectivity index (χ4v) is 4.25. The van der Waals surface area contributed by atoms with Crippen molar-refractivity contribution in [2.24, 2.45) is 11.1 Å². The lowest BCUT2D eigenvalue weighted by Gasteiger charge is -2.35. The van der Waals surface area contributed by atoms with Crippen LogP contribution in [0.4, 0.5) is 18.7 Å². The highest BCUT2D eigenvalue weighted by Crippen LogP contribution is 2.41. The van der Waals surface area contributed by atoms with E-state index in [1.807, 2.05) is 13.8 Å². The second-order valence-electron chi connectivity index (χ2n) is 10.8. The molecule has 1 aromatic heterocycles. The highest BCUT2D eigenvalue weighted by molar-refractivity contribution is 7.14. The van der Waals surface area contributed by atoms with Gasteiger partial charge in [0, 0.05) is 31.1 Å². The van der Waals surface area contributed by atoms with Gasteiger partial charge < -0.3 is 19.6 Å². The van der Waals surface area contributed by atoms with E-state index >= 15 is 0 Å². The minimum atomic E-state index is -3.00. The molecule has 1 saturated heterocycles. The van der Waals surface area contributed by atoms with Crippen LogP contribution in [0.25, 0.3) is 0 Å². The highest BCUT2D eigenvalue weighted by Gasteiger charge is 2.52. The van der Waals surface area contributed by atoms with Crippen molar-refractivity contribution in [2.75, 3.05) is 18.5 Å². The Kier molecular flexibility index (Phi) is 9.66. The van der Waals surface area contributed by atoms with Gasteiger partial charge in [0.15, 0.2) is 10.8 Å². The van der Waals surface area contributed by atoms with Crippen LogP contribution in [0.1, 0.15) is 66.0 Å². The standard InChI is InChI=1S/C24H33F2N5O8S/c1-13(2)10-36-19(34)23(6-8-24(25,26)9-7-23)39-30-16(18(33)27-14-11-37-31-17(14)32)15-12-40-20(28-15)29-21(35)38-22(3,4)5/h12-14H,6-11H2,1-5H3,(H,27,33)(H,31,32)(H,28,29,35)/b30-16-/t14-/m0/s1. The molecule has 0 spiro atoms. The largest absolute Gasteiger partial charge is 0.462 e. The van der Waals surface area contributed by atoms with Gasteiger partial charge >= 0.3 is 12.1 Å². The molecule has 2 fully saturated rings. The Labute approximate surface area is 233 Å². The molecule has 2 heterocycles. The van der Waals surface area contributed by atoms with E-state index < -0.39 is 78.4 Å².